The number of Topliss-reactive ketones (excluding diaryl/α,β-unsaturated/α-hetero) is 2. The van der Waals surface area contributed by atoms with E-state index in [-0.39, 0.29) is 88.4 Å². The van der Waals surface area contributed by atoms with Crippen LogP contribution in [-0.4, -0.2) is 79.7 Å². The Morgan fingerprint density at radius 1 is 0.702 bits per heavy atom. The maximum absolute atomic E-state index is 14.7. The molecule has 0 spiro atoms. The number of aryl methyl sites for hydroxylation is 5. The Labute approximate surface area is 604 Å². The smallest absolute Gasteiger partial charge is 0.273 e. The lowest BCUT2D eigenvalue weighted by molar-refractivity contribution is -0.118. The summed E-state index contributed by atoms with van der Waals surface area (Å²) in [6, 6.07) is 39.9. The zero-order valence-corrected chi connectivity index (χ0v) is 60.2. The van der Waals surface area contributed by atoms with Crippen LogP contribution in [0.4, 0.5) is 32.3 Å². The van der Waals surface area contributed by atoms with Crippen molar-refractivity contribution in [3.63, 3.8) is 0 Å². The summed E-state index contributed by atoms with van der Waals surface area (Å²) in [6.45, 7) is 17.3. The van der Waals surface area contributed by atoms with Gasteiger partial charge in [-0.25, -0.2) is 36.0 Å². The van der Waals surface area contributed by atoms with Crippen molar-refractivity contribution in [2.24, 2.45) is 0 Å². The number of benzene rings is 7. The Kier molecular flexibility index (Phi) is 24.1. The lowest BCUT2D eigenvalue weighted by atomic mass is 9.92. The molecule has 0 bridgehead atoms. The van der Waals surface area contributed by atoms with E-state index in [1.807, 2.05) is 74.0 Å². The molecule has 24 heteroatoms. The minimum absolute atomic E-state index is 0.00125. The number of aliphatic hydroxyl groups excluding tert-OH is 2. The Morgan fingerprint density at radius 2 is 1.41 bits per heavy atom. The average Bonchev–Trinajstić information content (AvgIpc) is 0.972. The molecule has 5 aromatic heterocycles. The van der Waals surface area contributed by atoms with Crippen molar-refractivity contribution in [1.82, 2.24) is 38.7 Å². The number of carbonyl (C=O) groups is 2. The largest absolute Gasteiger partial charge is 0.487 e. The Morgan fingerprint density at radius 3 is 2.10 bits per heavy atom. The van der Waals surface area contributed by atoms with E-state index in [1.54, 1.807) is 68.0 Å². The molecule has 12 aromatic rings. The first kappa shape index (κ1) is 75.8. The van der Waals surface area contributed by atoms with Crippen LogP contribution in [0.3, 0.4) is 0 Å². The molecule has 12 rings (SSSR count). The van der Waals surface area contributed by atoms with Crippen molar-refractivity contribution < 1.29 is 55.6 Å². The van der Waals surface area contributed by atoms with Crippen LogP contribution >= 0.6 is 15.9 Å². The van der Waals surface area contributed by atoms with Gasteiger partial charge in [-0.05, 0) is 182 Å². The first-order valence-electron chi connectivity index (χ1n) is 33.5. The highest BCUT2D eigenvalue weighted by Gasteiger charge is 2.25. The quantitative estimate of drug-likeness (QED) is 0.0426. The Hall–Kier alpha value is -10.8. The molecular formula is C80H76BrF6N9O8. The molecule has 0 aliphatic carbocycles. The molecule has 0 fully saturated rings. The number of aromatic nitrogens is 8. The maximum atomic E-state index is 14.7. The minimum atomic E-state index is -0.931. The molecule has 538 valence electrons. The molecule has 7 aromatic carbocycles. The van der Waals surface area contributed by atoms with Crippen molar-refractivity contribution in [2.75, 3.05) is 18.5 Å². The van der Waals surface area contributed by atoms with Gasteiger partial charge in [0.2, 0.25) is 5.95 Å². The number of aliphatic hydroxyl groups is 2. The van der Waals surface area contributed by atoms with E-state index in [9.17, 15) is 55.7 Å². The number of nitrogens with zero attached hydrogens (tertiary/aromatic N) is 8. The number of fused-ring (bicyclic) bond motifs is 2. The predicted molar refractivity (Wildman–Crippen MR) is 392 cm³/mol. The minimum Gasteiger partial charge on any atom is -0.487 e. The third-order valence-corrected chi connectivity index (χ3v) is 18.0. The summed E-state index contributed by atoms with van der Waals surface area (Å²) in [7, 11) is 0. The van der Waals surface area contributed by atoms with Crippen LogP contribution in [0.15, 0.2) is 178 Å². The first-order chi connectivity index (χ1) is 49.7. The number of pyridine rings is 2. The van der Waals surface area contributed by atoms with E-state index in [0.717, 1.165) is 67.9 Å². The number of rotatable bonds is 22. The molecule has 0 saturated carbocycles. The first-order valence-corrected chi connectivity index (χ1v) is 34.3. The number of nitrogens with one attached hydrogen (secondary N) is 1. The van der Waals surface area contributed by atoms with Gasteiger partial charge in [0.15, 0.2) is 11.4 Å². The number of anilines is 1. The fourth-order valence-corrected chi connectivity index (χ4v) is 11.9. The van der Waals surface area contributed by atoms with Crippen LogP contribution in [0.5, 0.6) is 17.2 Å². The van der Waals surface area contributed by atoms with Gasteiger partial charge in [0.05, 0.1) is 66.0 Å². The summed E-state index contributed by atoms with van der Waals surface area (Å²) in [5.41, 5.74) is 7.71. The highest BCUT2D eigenvalue weighted by atomic mass is 79.9. The highest BCUT2D eigenvalue weighted by Crippen LogP contribution is 2.35. The van der Waals surface area contributed by atoms with Gasteiger partial charge < -0.3 is 25.0 Å². The van der Waals surface area contributed by atoms with Gasteiger partial charge in [-0.3, -0.25) is 33.0 Å². The normalized spacial score (nSPS) is 11.6. The third-order valence-electron chi connectivity index (χ3n) is 17.2. The second kappa shape index (κ2) is 33.1. The second-order valence-electron chi connectivity index (χ2n) is 25.9. The van der Waals surface area contributed by atoms with E-state index >= 15 is 0 Å². The van der Waals surface area contributed by atoms with Crippen LogP contribution in [0.1, 0.15) is 109 Å². The average molecular weight is 1490 g/mol. The van der Waals surface area contributed by atoms with E-state index < -0.39 is 46.4 Å². The summed E-state index contributed by atoms with van der Waals surface area (Å²) < 4.78 is 102. The van der Waals surface area contributed by atoms with Crippen molar-refractivity contribution in [3.05, 3.63) is 274 Å². The van der Waals surface area contributed by atoms with Gasteiger partial charge in [-0.2, -0.15) is 15.2 Å². The maximum Gasteiger partial charge on any atom is 0.273 e. The lowest BCUT2D eigenvalue weighted by Crippen LogP contribution is -2.25. The zero-order chi connectivity index (χ0) is 74.8. The molecule has 1 atom stereocenters. The van der Waals surface area contributed by atoms with Gasteiger partial charge in [0.25, 0.3) is 11.1 Å². The van der Waals surface area contributed by atoms with E-state index in [1.165, 1.54) is 53.1 Å². The topological polar surface area (TPSA) is 211 Å². The lowest BCUT2D eigenvalue weighted by Gasteiger charge is -2.18. The molecule has 1 unspecified atom stereocenters. The summed E-state index contributed by atoms with van der Waals surface area (Å²) in [4.78, 5) is 60.1. The molecule has 0 aliphatic rings. The number of ketones is 2. The van der Waals surface area contributed by atoms with Gasteiger partial charge in [0.1, 0.15) is 74.7 Å². The third kappa shape index (κ3) is 17.6. The highest BCUT2D eigenvalue weighted by molar-refractivity contribution is 9.10. The van der Waals surface area contributed by atoms with Gasteiger partial charge >= 0.3 is 0 Å². The van der Waals surface area contributed by atoms with E-state index in [0.29, 0.717) is 82.0 Å². The van der Waals surface area contributed by atoms with Crippen LogP contribution in [0, 0.1) is 62.6 Å². The fraction of sp³-hybridized carbons (Fsp3) is 0.250. The summed E-state index contributed by atoms with van der Waals surface area (Å²) >= 11 is 3.27. The number of hydrogen-bond donors (Lipinski definition) is 3. The number of halogens is 7. The molecule has 3 N–H and O–H groups in total. The number of ether oxygens (including phenoxy) is 2. The SMILES string of the molecule is CCC(=O)c1ccc(C)c(-n2c(C)cc(OCc3ccc(F)cc3F)c(Br)c2=O)c1.CCC(CO)Nc1nc(-c2ccc(F)cc2C)c2ccc(=O)n(-c3c(F)cccc3F)c2n1.Cc1ccc(-n2nc(C(C)(C)C)cc2CC(=O)CCc2cc(F)ccc2Oc2ccc3c(cnn3CCO)c2)cc1. The molecule has 17 nitrogen and oxygen atoms in total. The van der Waals surface area contributed by atoms with Gasteiger partial charge in [-0.15, -0.1) is 0 Å². The Balaban J connectivity index is 0.000000170. The number of para-hydroxylation sites is 1. The monoisotopic (exact) mass is 1480 g/mol. The predicted octanol–water partition coefficient (Wildman–Crippen LogP) is 16.5. The summed E-state index contributed by atoms with van der Waals surface area (Å²) in [5, 5.41) is 32.2. The second-order valence-corrected chi connectivity index (χ2v) is 26.7. The summed E-state index contributed by atoms with van der Waals surface area (Å²) in [5.74, 6) is -2.66. The Bertz CT molecular complexity index is 5280. The van der Waals surface area contributed by atoms with Gasteiger partial charge in [0, 0.05) is 76.0 Å². The van der Waals surface area contributed by atoms with E-state index in [2.05, 4.69) is 57.1 Å². The van der Waals surface area contributed by atoms with Crippen molar-refractivity contribution >= 4 is 55.4 Å². The fourth-order valence-electron chi connectivity index (χ4n) is 11.5. The van der Waals surface area contributed by atoms with Crippen molar-refractivity contribution in [2.45, 2.75) is 119 Å². The molecule has 5 heterocycles. The number of hydrogen-bond acceptors (Lipinski definition) is 13. The van der Waals surface area contributed by atoms with Crippen LogP contribution in [0.2, 0.25) is 0 Å². The molecule has 0 saturated heterocycles. The molecule has 0 radical (unpaired) electrons. The zero-order valence-electron chi connectivity index (χ0n) is 58.6. The van der Waals surface area contributed by atoms with Crippen LogP contribution in [0.25, 0.3) is 50.3 Å². The molecule has 104 heavy (non-hydrogen) atoms. The van der Waals surface area contributed by atoms with E-state index in [4.69, 9.17) is 14.6 Å². The van der Waals surface area contributed by atoms with Crippen LogP contribution < -0.4 is 25.9 Å². The summed E-state index contributed by atoms with van der Waals surface area (Å²) in [6.07, 6.45) is 3.43. The molecule has 0 amide bonds. The standard InChI is InChI=1S/C33H35FN4O3.C24H21F3N4O2.C23H20BrF2NO3/c1-22-5-9-26(10-6-22)38-27(20-32(36-38)33(2,3)4)19-28(40)11-7-23-17-25(34)8-14-31(23)41-29-12-13-30-24(18-29)21-35-37(30)15-16-39;1-3-15(12-32)28-24-29-21(16-8-7-14(25)11-13(16)2)17-9-10-20(33)31(23(17)30-24)22-18(26)5-4-6-19(22)27;1-4-20(28)15-6-5-13(2)19(10-15)27-14(3)9-21(22(24)23(27)29)30-12-16-7-8-17(25)11-18(16)26/h5-6,8-10,12-14,17-18,20-21,39H,7,11,15-16,19H2,1-4H3;4-11,15,32H,3,12H2,1-2H3,(H,28,29,30);5-11H,4,12H2,1-3H3. The molecular weight excluding hydrogens is 1410 g/mol. The van der Waals surface area contributed by atoms with Crippen molar-refractivity contribution in [1.29, 1.82) is 0 Å². The van der Waals surface area contributed by atoms with Crippen LogP contribution in [-0.2, 0) is 36.2 Å². The van der Waals surface area contributed by atoms with Gasteiger partial charge in [-0.1, -0.05) is 70.5 Å². The molecule has 0 aliphatic heterocycles. The number of carbonyl (C=O) groups excluding carboxylic acids is 2. The van der Waals surface area contributed by atoms with Crippen molar-refractivity contribution in [3.8, 4) is 45.6 Å².